The zero-order valence-electron chi connectivity index (χ0n) is 13.0. The van der Waals surface area contributed by atoms with E-state index < -0.39 is 0 Å². The van der Waals surface area contributed by atoms with E-state index in [1.807, 2.05) is 19.9 Å². The number of hydrogen-bond donors (Lipinski definition) is 1. The van der Waals surface area contributed by atoms with E-state index in [-0.39, 0.29) is 11.9 Å². The summed E-state index contributed by atoms with van der Waals surface area (Å²) in [5, 5.41) is 3.43. The van der Waals surface area contributed by atoms with Crippen LogP contribution in [-0.2, 0) is 0 Å². The van der Waals surface area contributed by atoms with Gasteiger partial charge in [0.05, 0.1) is 13.2 Å². The van der Waals surface area contributed by atoms with Gasteiger partial charge >= 0.3 is 0 Å². The van der Waals surface area contributed by atoms with E-state index in [4.69, 9.17) is 4.74 Å². The van der Waals surface area contributed by atoms with Crippen LogP contribution in [0.15, 0.2) is 36.4 Å². The zero-order chi connectivity index (χ0) is 15.4. The molecule has 0 bridgehead atoms. The predicted molar refractivity (Wildman–Crippen MR) is 84.4 cm³/mol. The van der Waals surface area contributed by atoms with E-state index in [0.29, 0.717) is 0 Å². The smallest absolute Gasteiger partial charge is 0.124 e. The molecule has 1 unspecified atom stereocenters. The molecule has 21 heavy (non-hydrogen) atoms. The largest absolute Gasteiger partial charge is 0.496 e. The van der Waals surface area contributed by atoms with Crippen molar-refractivity contribution in [2.75, 3.05) is 13.7 Å². The van der Waals surface area contributed by atoms with Crippen LogP contribution in [0.2, 0.25) is 0 Å². The molecule has 0 fully saturated rings. The summed E-state index contributed by atoms with van der Waals surface area (Å²) < 4.78 is 18.9. The van der Waals surface area contributed by atoms with Crippen molar-refractivity contribution in [1.29, 1.82) is 0 Å². The molecule has 0 aromatic heterocycles. The summed E-state index contributed by atoms with van der Waals surface area (Å²) in [6.45, 7) is 6.93. The van der Waals surface area contributed by atoms with Crippen molar-refractivity contribution in [3.05, 3.63) is 64.5 Å². The molecule has 2 nitrogen and oxygen atoms in total. The fraction of sp³-hybridized carbons (Fsp3) is 0.333. The monoisotopic (exact) mass is 287 g/mol. The van der Waals surface area contributed by atoms with Gasteiger partial charge in [0.15, 0.2) is 0 Å². The Morgan fingerprint density at radius 1 is 1.10 bits per heavy atom. The van der Waals surface area contributed by atoms with Crippen LogP contribution in [0.1, 0.15) is 35.2 Å². The first-order chi connectivity index (χ1) is 10.1. The molecule has 0 radical (unpaired) electrons. The maximum absolute atomic E-state index is 13.5. The van der Waals surface area contributed by atoms with Crippen molar-refractivity contribution in [3.8, 4) is 5.75 Å². The average molecular weight is 287 g/mol. The van der Waals surface area contributed by atoms with Gasteiger partial charge in [-0.1, -0.05) is 31.2 Å². The second kappa shape index (κ2) is 6.72. The second-order valence-electron chi connectivity index (χ2n) is 5.23. The minimum absolute atomic E-state index is 0.0194. The summed E-state index contributed by atoms with van der Waals surface area (Å²) in [5.74, 6) is 0.700. The Morgan fingerprint density at radius 3 is 2.29 bits per heavy atom. The molecule has 2 aromatic rings. The van der Waals surface area contributed by atoms with Crippen molar-refractivity contribution >= 4 is 0 Å². The molecule has 0 aliphatic carbocycles. The van der Waals surface area contributed by atoms with Gasteiger partial charge in [-0.05, 0) is 54.8 Å². The fourth-order valence-corrected chi connectivity index (χ4v) is 2.79. The van der Waals surface area contributed by atoms with Crippen LogP contribution in [0.3, 0.4) is 0 Å². The lowest BCUT2D eigenvalue weighted by atomic mass is 9.95. The predicted octanol–water partition coefficient (Wildman–Crippen LogP) is 4.15. The molecule has 0 aliphatic rings. The Kier molecular flexibility index (Phi) is 4.97. The van der Waals surface area contributed by atoms with Crippen molar-refractivity contribution in [1.82, 2.24) is 5.32 Å². The van der Waals surface area contributed by atoms with Gasteiger partial charge in [-0.2, -0.15) is 0 Å². The van der Waals surface area contributed by atoms with Gasteiger partial charge in [0, 0.05) is 0 Å². The minimum Gasteiger partial charge on any atom is -0.496 e. The van der Waals surface area contributed by atoms with Gasteiger partial charge in [-0.15, -0.1) is 0 Å². The first kappa shape index (κ1) is 15.5. The highest BCUT2D eigenvalue weighted by Crippen LogP contribution is 2.30. The van der Waals surface area contributed by atoms with E-state index in [1.165, 1.54) is 6.07 Å². The maximum atomic E-state index is 13.5. The standard InChI is InChI=1S/C18H22FNO/c1-5-20-17(14-7-6-8-16(19)11-14)15-9-12(2)18(21-4)13(3)10-15/h6-11,17,20H,5H2,1-4H3. The lowest BCUT2D eigenvalue weighted by Gasteiger charge is -2.21. The van der Waals surface area contributed by atoms with Gasteiger partial charge in [-0.3, -0.25) is 0 Å². The highest BCUT2D eigenvalue weighted by atomic mass is 19.1. The molecule has 112 valence electrons. The zero-order valence-corrected chi connectivity index (χ0v) is 13.0. The number of hydrogen-bond acceptors (Lipinski definition) is 2. The SMILES string of the molecule is CCNC(c1cccc(F)c1)c1cc(C)c(OC)c(C)c1. The number of rotatable bonds is 5. The van der Waals surface area contributed by atoms with Crippen LogP contribution in [0, 0.1) is 19.7 Å². The van der Waals surface area contributed by atoms with E-state index in [2.05, 4.69) is 24.4 Å². The molecule has 0 saturated carbocycles. The number of ether oxygens (including phenoxy) is 1. The van der Waals surface area contributed by atoms with Gasteiger partial charge in [-0.25, -0.2) is 4.39 Å². The Morgan fingerprint density at radius 2 is 1.76 bits per heavy atom. The third-order valence-electron chi connectivity index (χ3n) is 3.61. The van der Waals surface area contributed by atoms with E-state index >= 15 is 0 Å². The number of aryl methyl sites for hydroxylation is 2. The van der Waals surface area contributed by atoms with Crippen LogP contribution < -0.4 is 10.1 Å². The summed E-state index contributed by atoms with van der Waals surface area (Å²) in [4.78, 5) is 0. The molecule has 2 rings (SSSR count). The molecule has 3 heteroatoms. The number of nitrogens with one attached hydrogen (secondary N) is 1. The molecule has 0 amide bonds. The number of methoxy groups -OCH3 is 1. The molecule has 0 saturated heterocycles. The van der Waals surface area contributed by atoms with E-state index in [0.717, 1.165) is 34.5 Å². The molecule has 1 atom stereocenters. The molecular weight excluding hydrogens is 265 g/mol. The molecule has 2 aromatic carbocycles. The van der Waals surface area contributed by atoms with Gasteiger partial charge in [0.1, 0.15) is 11.6 Å². The molecular formula is C18H22FNO. The van der Waals surface area contributed by atoms with Gasteiger partial charge in [0.2, 0.25) is 0 Å². The lowest BCUT2D eigenvalue weighted by molar-refractivity contribution is 0.408. The average Bonchev–Trinajstić information content (AvgIpc) is 2.44. The summed E-state index contributed by atoms with van der Waals surface area (Å²) in [7, 11) is 1.68. The van der Waals surface area contributed by atoms with Crippen molar-refractivity contribution in [3.63, 3.8) is 0 Å². The third kappa shape index (κ3) is 3.42. The summed E-state index contributed by atoms with van der Waals surface area (Å²) >= 11 is 0. The minimum atomic E-state index is -0.211. The van der Waals surface area contributed by atoms with E-state index in [1.54, 1.807) is 19.2 Å². The second-order valence-corrected chi connectivity index (χ2v) is 5.23. The fourth-order valence-electron chi connectivity index (χ4n) is 2.79. The Bertz CT molecular complexity index is 601. The quantitative estimate of drug-likeness (QED) is 0.892. The van der Waals surface area contributed by atoms with Crippen molar-refractivity contribution in [2.45, 2.75) is 26.8 Å². The first-order valence-electron chi connectivity index (χ1n) is 7.20. The van der Waals surface area contributed by atoms with Crippen LogP contribution in [-0.4, -0.2) is 13.7 Å². The Labute approximate surface area is 126 Å². The van der Waals surface area contributed by atoms with Crippen LogP contribution >= 0.6 is 0 Å². The normalized spacial score (nSPS) is 12.2. The highest BCUT2D eigenvalue weighted by molar-refractivity contribution is 5.46. The topological polar surface area (TPSA) is 21.3 Å². The molecule has 0 heterocycles. The van der Waals surface area contributed by atoms with Crippen molar-refractivity contribution < 1.29 is 9.13 Å². The first-order valence-corrected chi connectivity index (χ1v) is 7.20. The van der Waals surface area contributed by atoms with Crippen molar-refractivity contribution in [2.24, 2.45) is 0 Å². The summed E-state index contributed by atoms with van der Waals surface area (Å²) in [6.07, 6.45) is 0. The van der Waals surface area contributed by atoms with Gasteiger partial charge in [0.25, 0.3) is 0 Å². The molecule has 0 aliphatic heterocycles. The molecule has 1 N–H and O–H groups in total. The number of benzene rings is 2. The maximum Gasteiger partial charge on any atom is 0.124 e. The summed E-state index contributed by atoms with van der Waals surface area (Å²) in [5.41, 5.74) is 4.23. The van der Waals surface area contributed by atoms with Crippen LogP contribution in [0.4, 0.5) is 4.39 Å². The van der Waals surface area contributed by atoms with E-state index in [9.17, 15) is 4.39 Å². The Hall–Kier alpha value is -1.87. The Balaban J connectivity index is 2.48. The lowest BCUT2D eigenvalue weighted by Crippen LogP contribution is -2.22. The highest BCUT2D eigenvalue weighted by Gasteiger charge is 2.16. The molecule has 0 spiro atoms. The third-order valence-corrected chi connectivity index (χ3v) is 3.61. The number of halogens is 1. The summed E-state index contributed by atoms with van der Waals surface area (Å²) in [6, 6.07) is 10.9. The van der Waals surface area contributed by atoms with Gasteiger partial charge < -0.3 is 10.1 Å². The van der Waals surface area contributed by atoms with Crippen LogP contribution in [0.25, 0.3) is 0 Å². The van der Waals surface area contributed by atoms with Crippen LogP contribution in [0.5, 0.6) is 5.75 Å².